The maximum absolute atomic E-state index is 12.0. The average Bonchev–Trinajstić information content (AvgIpc) is 3.89. The molecule has 9 rings (SSSR count). The van der Waals surface area contributed by atoms with E-state index in [2.05, 4.69) is 52.4 Å². The zero-order valence-electron chi connectivity index (χ0n) is 36.5. The Bertz CT molecular complexity index is 1630. The SMILES string of the molecule is C[C@H](CCc1cn([C@@H]2CC[C@@]3(C)[C@@H](C2)C[C@H](O)[C@@H]2[C@@H]3CC[C@]3(C)[C@@H]([C@H](C)CCC(=O)O)CC[C@@H]23)nn1)[C@H]1CC[C@H]2[C@@H]3[C@@H](O)C[C@@H]4C[C@H](O)CC[C@]4(C)[C@H]3CC[C@]12C. The first-order valence-corrected chi connectivity index (χ1v) is 24.2. The third-order valence-corrected chi connectivity index (χ3v) is 21.4. The molecule has 0 bridgehead atoms. The number of aliphatic carboxylic acids is 1. The van der Waals surface area contributed by atoms with Crippen LogP contribution in [0.4, 0.5) is 0 Å². The van der Waals surface area contributed by atoms with Gasteiger partial charge < -0.3 is 20.4 Å². The molecule has 320 valence electrons. The number of aryl methyl sites for hydroxylation is 1. The third kappa shape index (κ3) is 6.54. The summed E-state index contributed by atoms with van der Waals surface area (Å²) < 4.78 is 2.20. The van der Waals surface area contributed by atoms with E-state index in [4.69, 9.17) is 10.3 Å². The van der Waals surface area contributed by atoms with E-state index >= 15 is 0 Å². The van der Waals surface area contributed by atoms with Crippen molar-refractivity contribution in [1.29, 1.82) is 0 Å². The first-order chi connectivity index (χ1) is 27.1. The normalized spacial score (nSPS) is 51.4. The Morgan fingerprint density at radius 2 is 1.19 bits per heavy atom. The van der Waals surface area contributed by atoms with Crippen molar-refractivity contribution < 1.29 is 25.2 Å². The fraction of sp³-hybridized carbons (Fsp3) is 0.939. The number of aliphatic hydroxyl groups excluding tert-OH is 3. The van der Waals surface area contributed by atoms with E-state index in [0.717, 1.165) is 69.9 Å². The first-order valence-electron chi connectivity index (χ1n) is 24.2. The maximum Gasteiger partial charge on any atom is 0.303 e. The molecule has 8 aliphatic rings. The Labute approximate surface area is 344 Å². The molecule has 4 N–H and O–H groups in total. The Morgan fingerprint density at radius 3 is 1.77 bits per heavy atom. The van der Waals surface area contributed by atoms with Crippen LogP contribution in [-0.4, -0.2) is 59.7 Å². The lowest BCUT2D eigenvalue weighted by atomic mass is 9.43. The van der Waals surface area contributed by atoms with E-state index in [1.807, 2.05) is 0 Å². The van der Waals surface area contributed by atoms with Crippen molar-refractivity contribution in [3.8, 4) is 0 Å². The molecule has 8 saturated carbocycles. The van der Waals surface area contributed by atoms with Gasteiger partial charge in [0.25, 0.3) is 0 Å². The molecular formula is C49H79N3O5. The van der Waals surface area contributed by atoms with Crippen LogP contribution in [0.3, 0.4) is 0 Å². The van der Waals surface area contributed by atoms with Gasteiger partial charge in [-0.15, -0.1) is 5.10 Å². The Kier molecular flexibility index (Phi) is 10.6. The zero-order chi connectivity index (χ0) is 40.2. The number of carboxylic acid groups (broad SMARTS) is 1. The highest BCUT2D eigenvalue weighted by Gasteiger charge is 2.64. The summed E-state index contributed by atoms with van der Waals surface area (Å²) in [6, 6.07) is 0.353. The number of hydrogen-bond acceptors (Lipinski definition) is 6. The number of carboxylic acids is 1. The van der Waals surface area contributed by atoms with Gasteiger partial charge in [0, 0.05) is 12.6 Å². The summed E-state index contributed by atoms with van der Waals surface area (Å²) in [5, 5.41) is 53.1. The minimum atomic E-state index is -0.680. The molecular weight excluding hydrogens is 711 g/mol. The van der Waals surface area contributed by atoms with E-state index in [1.165, 1.54) is 57.8 Å². The van der Waals surface area contributed by atoms with Gasteiger partial charge >= 0.3 is 5.97 Å². The minimum absolute atomic E-state index is 0.179. The highest BCUT2D eigenvalue weighted by atomic mass is 16.4. The molecule has 0 aliphatic heterocycles. The molecule has 1 aromatic rings. The number of rotatable bonds is 9. The van der Waals surface area contributed by atoms with Crippen molar-refractivity contribution in [2.75, 3.05) is 0 Å². The molecule has 8 nitrogen and oxygen atoms in total. The lowest BCUT2D eigenvalue weighted by molar-refractivity contribution is -0.174. The van der Waals surface area contributed by atoms with Crippen molar-refractivity contribution in [3.05, 3.63) is 11.9 Å². The van der Waals surface area contributed by atoms with E-state index in [1.54, 1.807) is 0 Å². The van der Waals surface area contributed by atoms with E-state index in [0.29, 0.717) is 82.5 Å². The molecule has 0 amide bonds. The van der Waals surface area contributed by atoms with Crippen LogP contribution in [0, 0.1) is 92.7 Å². The highest BCUT2D eigenvalue weighted by Crippen LogP contribution is 2.70. The second kappa shape index (κ2) is 14.8. The lowest BCUT2D eigenvalue weighted by Gasteiger charge is -2.62. The van der Waals surface area contributed by atoms with Gasteiger partial charge in [-0.2, -0.15) is 0 Å². The molecule has 0 saturated heterocycles. The zero-order valence-corrected chi connectivity index (χ0v) is 36.5. The Morgan fingerprint density at radius 1 is 0.684 bits per heavy atom. The van der Waals surface area contributed by atoms with Crippen LogP contribution < -0.4 is 0 Å². The number of hydrogen-bond donors (Lipinski definition) is 4. The molecule has 8 aliphatic carbocycles. The van der Waals surface area contributed by atoms with Crippen LogP contribution in [0.25, 0.3) is 0 Å². The smallest absolute Gasteiger partial charge is 0.303 e. The molecule has 8 heteroatoms. The minimum Gasteiger partial charge on any atom is -0.481 e. The van der Waals surface area contributed by atoms with Crippen LogP contribution in [-0.2, 0) is 11.2 Å². The second-order valence-corrected chi connectivity index (χ2v) is 23.5. The average molecular weight is 790 g/mol. The van der Waals surface area contributed by atoms with Gasteiger partial charge in [-0.05, 0) is 215 Å². The Hall–Kier alpha value is -1.51. The molecule has 20 atom stereocenters. The van der Waals surface area contributed by atoms with Crippen molar-refractivity contribution in [2.45, 2.75) is 194 Å². The fourth-order valence-corrected chi connectivity index (χ4v) is 18.3. The first kappa shape index (κ1) is 40.9. The summed E-state index contributed by atoms with van der Waals surface area (Å²) in [6.07, 6.45) is 22.8. The predicted molar refractivity (Wildman–Crippen MR) is 222 cm³/mol. The van der Waals surface area contributed by atoms with Crippen LogP contribution in [0.2, 0.25) is 0 Å². The van der Waals surface area contributed by atoms with E-state index in [9.17, 15) is 25.2 Å². The monoisotopic (exact) mass is 790 g/mol. The molecule has 1 aromatic heterocycles. The van der Waals surface area contributed by atoms with Crippen LogP contribution in [0.5, 0.6) is 0 Å². The van der Waals surface area contributed by atoms with E-state index in [-0.39, 0.29) is 41.0 Å². The van der Waals surface area contributed by atoms with Gasteiger partial charge in [-0.1, -0.05) is 46.8 Å². The number of carbonyl (C=O) groups is 1. The van der Waals surface area contributed by atoms with Crippen molar-refractivity contribution in [2.24, 2.45) is 92.7 Å². The summed E-state index contributed by atoms with van der Waals surface area (Å²) in [4.78, 5) is 11.4. The van der Waals surface area contributed by atoms with Crippen molar-refractivity contribution >= 4 is 5.97 Å². The second-order valence-electron chi connectivity index (χ2n) is 23.5. The number of nitrogens with zero attached hydrogens (tertiary/aromatic N) is 3. The van der Waals surface area contributed by atoms with Crippen LogP contribution >= 0.6 is 0 Å². The molecule has 57 heavy (non-hydrogen) atoms. The largest absolute Gasteiger partial charge is 0.481 e. The van der Waals surface area contributed by atoms with Gasteiger partial charge in [-0.3, -0.25) is 4.79 Å². The summed E-state index contributed by atoms with van der Waals surface area (Å²) in [5.41, 5.74) is 2.18. The van der Waals surface area contributed by atoms with Crippen molar-refractivity contribution in [3.63, 3.8) is 0 Å². The summed E-state index contributed by atoms with van der Waals surface area (Å²) in [6.45, 7) is 15.0. The predicted octanol–water partition coefficient (Wildman–Crippen LogP) is 9.51. The molecule has 0 radical (unpaired) electrons. The Balaban J connectivity index is 0.810. The topological polar surface area (TPSA) is 129 Å². The lowest BCUT2D eigenvalue weighted by Crippen LogP contribution is -2.58. The summed E-state index contributed by atoms with van der Waals surface area (Å²) >= 11 is 0. The van der Waals surface area contributed by atoms with Crippen LogP contribution in [0.1, 0.15) is 175 Å². The van der Waals surface area contributed by atoms with Gasteiger partial charge in [0.1, 0.15) is 0 Å². The quantitative estimate of drug-likeness (QED) is 0.196. The molecule has 0 unspecified atom stereocenters. The van der Waals surface area contributed by atoms with E-state index < -0.39 is 5.97 Å². The highest BCUT2D eigenvalue weighted by molar-refractivity contribution is 5.66. The maximum atomic E-state index is 12.0. The van der Waals surface area contributed by atoms with Crippen molar-refractivity contribution in [1.82, 2.24) is 15.0 Å². The summed E-state index contributed by atoms with van der Waals surface area (Å²) in [5.74, 6) is 5.71. The molecule has 8 fully saturated rings. The number of fused-ring (bicyclic) bond motifs is 10. The van der Waals surface area contributed by atoms with Gasteiger partial charge in [0.15, 0.2) is 0 Å². The molecule has 1 heterocycles. The van der Waals surface area contributed by atoms with Gasteiger partial charge in [0.2, 0.25) is 0 Å². The fourth-order valence-electron chi connectivity index (χ4n) is 18.3. The number of aromatic nitrogens is 3. The standard InChI is InChI=1S/C49H79N3O5/c1-28(35-10-12-38-45-40(18-22-48(35,38)5)47(4)20-16-34(53)24-31(47)26-42(45)55)7-9-32-27-52(51-50-32)33-15-19-46(3)30(23-33)25-41(54)44-37-13-11-36(29(2)8-14-43(56)57)49(37,6)21-17-39(44)46/h27-31,33-42,44-45,53-55H,7-26H2,1-6H3,(H,56,57)/t28-,29-,30+,31+,33-,34-,35-,36-,37+,38+,39+,40+,41+,42+,44+,45+,46+,47+,48-,49-/m1/s1. The van der Waals surface area contributed by atoms with Gasteiger partial charge in [0.05, 0.1) is 30.0 Å². The molecule has 0 aromatic carbocycles. The molecule has 0 spiro atoms. The number of aliphatic hydroxyl groups is 3. The summed E-state index contributed by atoms with van der Waals surface area (Å²) in [7, 11) is 0. The third-order valence-electron chi connectivity index (χ3n) is 21.4. The van der Waals surface area contributed by atoms with Crippen LogP contribution in [0.15, 0.2) is 6.20 Å². The van der Waals surface area contributed by atoms with Gasteiger partial charge in [-0.25, -0.2) is 4.68 Å².